The van der Waals surface area contributed by atoms with Gasteiger partial charge in [0.05, 0.1) is 0 Å². The Kier molecular flexibility index (Phi) is 389. The summed E-state index contributed by atoms with van der Waals surface area (Å²) >= 11 is 0. The molecule has 0 amide bonds. The molecule has 0 bridgehead atoms. The number of halogens is 2. The summed E-state index contributed by atoms with van der Waals surface area (Å²) in [4.78, 5) is 0. The molecule has 2 nitrogen and oxygen atoms in total. The summed E-state index contributed by atoms with van der Waals surface area (Å²) in [7, 11) is 0. The van der Waals surface area contributed by atoms with Crippen molar-refractivity contribution >= 4 is 48.7 Å². The van der Waals surface area contributed by atoms with Crippen molar-refractivity contribution in [2.45, 2.75) is 0 Å². The molecule has 3 N–H and O–H groups in total. The van der Waals surface area contributed by atoms with Gasteiger partial charge in [-0.3, -0.25) is 0 Å². The molecule has 5 heteroatoms. The van der Waals surface area contributed by atoms with Gasteiger partial charge in [-0.2, -0.15) is 0 Å². The third kappa shape index (κ3) is 34.2. The summed E-state index contributed by atoms with van der Waals surface area (Å²) in [6, 6.07) is 0. The third-order valence-corrected chi connectivity index (χ3v) is 0. The zero-order valence-electron chi connectivity index (χ0n) is 2.55. The van der Waals surface area contributed by atoms with Crippen molar-refractivity contribution in [2.24, 2.45) is 5.90 Å². The van der Waals surface area contributed by atoms with Gasteiger partial charge in [-0.1, -0.05) is 0 Å². The first-order valence-electron chi connectivity index (χ1n) is 0.258. The van der Waals surface area contributed by atoms with Gasteiger partial charge >= 0.3 is 23.9 Å². The van der Waals surface area contributed by atoms with Crippen molar-refractivity contribution in [2.75, 3.05) is 0 Å². The Hall–Kier alpha value is 1.30. The van der Waals surface area contributed by atoms with E-state index in [1.54, 1.807) is 0 Å². The van der Waals surface area contributed by atoms with Gasteiger partial charge in [-0.15, -0.1) is 24.8 Å². The third-order valence-electron chi connectivity index (χ3n) is 0. The summed E-state index contributed by atoms with van der Waals surface area (Å²) in [6.45, 7) is 0. The Balaban J connectivity index is -0.00000000167. The van der Waals surface area contributed by atoms with Gasteiger partial charge in [0.25, 0.3) is 0 Å². The minimum absolute atomic E-state index is 0. The van der Waals surface area contributed by atoms with Crippen LogP contribution in [0.3, 0.4) is 0 Å². The number of hydrogen-bond acceptors (Lipinski definition) is 2. The second kappa shape index (κ2) is 58.1. The van der Waals surface area contributed by atoms with Crippen LogP contribution in [0.1, 0.15) is 0 Å². The average Bonchev–Trinajstić information content (AvgIpc) is 1.00. The monoisotopic (exact) mass is 227 g/mol. The summed E-state index contributed by atoms with van der Waals surface area (Å²) < 4.78 is 0. The zero-order chi connectivity index (χ0) is 2.00. The van der Waals surface area contributed by atoms with Gasteiger partial charge in [0.15, 0.2) is 0 Å². The minimum atomic E-state index is 0. The van der Waals surface area contributed by atoms with Gasteiger partial charge in [-0.05, 0) is 0 Å². The molecule has 0 spiro atoms. The van der Waals surface area contributed by atoms with Crippen molar-refractivity contribution in [1.29, 1.82) is 0 Å². The molecule has 0 unspecified atom stereocenters. The maximum atomic E-state index is 6.50. The summed E-state index contributed by atoms with van der Waals surface area (Å²) in [6.07, 6.45) is 0. The molecule has 0 aliphatic carbocycles. The van der Waals surface area contributed by atoms with Crippen LogP contribution in [-0.2, 0) is 0 Å². The molecule has 2 radical (unpaired) electrons. The van der Waals surface area contributed by atoms with Crippen LogP contribution in [0.15, 0.2) is 0 Å². The number of rotatable bonds is 0. The molecular weight excluding hydrogens is 220 g/mol. The summed E-state index contributed by atoms with van der Waals surface area (Å²) in [5.41, 5.74) is 0. The second-order valence-electron chi connectivity index (χ2n) is 0. The van der Waals surface area contributed by atoms with Crippen LogP contribution in [0.2, 0.25) is 0 Å². The molecule has 36 valence electrons. The normalized spacial score (nSPS) is 1.20. The van der Waals surface area contributed by atoms with Crippen LogP contribution in [0.5, 0.6) is 0 Å². The van der Waals surface area contributed by atoms with Crippen LogP contribution in [0.4, 0.5) is 0 Å². The Bertz CT molecular complexity index is 9.61. The molecule has 5 heavy (non-hydrogen) atoms. The van der Waals surface area contributed by atoms with Crippen LogP contribution < -0.4 is 5.90 Å². The SMILES string of the molecule is Cl.Cl.NO.[SnH2]. The van der Waals surface area contributed by atoms with Gasteiger partial charge in [0.1, 0.15) is 0 Å². The fourth-order valence-electron chi connectivity index (χ4n) is 0. The van der Waals surface area contributed by atoms with Crippen molar-refractivity contribution in [3.63, 3.8) is 0 Å². The van der Waals surface area contributed by atoms with E-state index in [1.165, 1.54) is 0 Å². The molecule has 0 fully saturated rings. The van der Waals surface area contributed by atoms with E-state index in [9.17, 15) is 0 Å². The molecule has 0 aliphatic rings. The molecule has 0 rings (SSSR count). The van der Waals surface area contributed by atoms with E-state index in [4.69, 9.17) is 5.21 Å². The molecular formula is H7Cl2NOSn. The Labute approximate surface area is 59.8 Å². The molecule has 0 saturated heterocycles. The van der Waals surface area contributed by atoms with Crippen molar-refractivity contribution in [3.8, 4) is 0 Å². The van der Waals surface area contributed by atoms with E-state index in [-0.39, 0.29) is 48.7 Å². The molecule has 0 aromatic rings. The molecule has 0 atom stereocenters. The first-order valence-corrected chi connectivity index (χ1v) is 0.258. The predicted octanol–water partition coefficient (Wildman–Crippen LogP) is -0.738. The molecule has 0 aromatic heterocycles. The quantitative estimate of drug-likeness (QED) is 0.422. The van der Waals surface area contributed by atoms with E-state index in [1.807, 2.05) is 0 Å². The average molecular weight is 227 g/mol. The Morgan fingerprint density at radius 2 is 1.00 bits per heavy atom. The summed E-state index contributed by atoms with van der Waals surface area (Å²) in [5, 5.41) is 6.50. The maximum absolute atomic E-state index is 6.50. The molecule has 0 aliphatic heterocycles. The van der Waals surface area contributed by atoms with E-state index in [2.05, 4.69) is 5.90 Å². The van der Waals surface area contributed by atoms with Crippen LogP contribution in [0.25, 0.3) is 0 Å². The summed E-state index contributed by atoms with van der Waals surface area (Å²) in [5.74, 6) is 3.50. The van der Waals surface area contributed by atoms with Crippen molar-refractivity contribution in [1.82, 2.24) is 0 Å². The van der Waals surface area contributed by atoms with Crippen LogP contribution >= 0.6 is 24.8 Å². The fraction of sp³-hybridized carbons (Fsp3) is 0. The second-order valence-corrected chi connectivity index (χ2v) is 0. The van der Waals surface area contributed by atoms with E-state index < -0.39 is 0 Å². The number of nitrogens with two attached hydrogens (primary N) is 1. The van der Waals surface area contributed by atoms with E-state index in [0.717, 1.165) is 0 Å². The topological polar surface area (TPSA) is 46.2 Å². The molecule has 0 saturated carbocycles. The van der Waals surface area contributed by atoms with Crippen molar-refractivity contribution < 1.29 is 5.21 Å². The van der Waals surface area contributed by atoms with Crippen LogP contribution in [-0.4, -0.2) is 29.1 Å². The molecule has 0 heterocycles. The van der Waals surface area contributed by atoms with E-state index >= 15 is 0 Å². The fourth-order valence-corrected chi connectivity index (χ4v) is 0. The Morgan fingerprint density at radius 3 is 1.00 bits per heavy atom. The van der Waals surface area contributed by atoms with Gasteiger partial charge < -0.3 is 5.21 Å². The van der Waals surface area contributed by atoms with Gasteiger partial charge in [-0.25, -0.2) is 5.90 Å². The van der Waals surface area contributed by atoms with E-state index in [0.29, 0.717) is 0 Å². The Morgan fingerprint density at radius 1 is 1.00 bits per heavy atom. The van der Waals surface area contributed by atoms with Crippen LogP contribution in [0, 0.1) is 0 Å². The molecule has 0 aromatic carbocycles. The van der Waals surface area contributed by atoms with Gasteiger partial charge in [0.2, 0.25) is 0 Å². The van der Waals surface area contributed by atoms with Gasteiger partial charge in [0, 0.05) is 0 Å². The standard InChI is InChI=1S/2ClH.H3NO.Sn.2H/c;;1-2;;;/h2*1H;2H,1H2;;;. The first-order chi connectivity index (χ1) is 1.00. The first kappa shape index (κ1) is 33.5. The number of hydrogen-bond donors (Lipinski definition) is 2. The van der Waals surface area contributed by atoms with Crippen molar-refractivity contribution in [3.05, 3.63) is 0 Å². The zero-order valence-corrected chi connectivity index (χ0v) is 8.22. The predicted molar refractivity (Wildman–Crippen MR) is 29.0 cm³/mol.